The van der Waals surface area contributed by atoms with Crippen LogP contribution in [-0.2, 0) is 4.79 Å². The number of carbonyl (C=O) groups is 2. The molecule has 1 aliphatic heterocycles. The Labute approximate surface area is 161 Å². The molecule has 1 heterocycles. The zero-order chi connectivity index (χ0) is 19.9. The fourth-order valence-corrected chi connectivity index (χ4v) is 3.45. The first kappa shape index (κ1) is 18.4. The summed E-state index contributed by atoms with van der Waals surface area (Å²) in [5, 5.41) is 19.3. The van der Waals surface area contributed by atoms with Crippen LogP contribution < -0.4 is 0 Å². The van der Waals surface area contributed by atoms with Gasteiger partial charge in [-0.3, -0.25) is 9.59 Å². The van der Waals surface area contributed by atoms with E-state index in [1.54, 1.807) is 34.1 Å². The number of aliphatic hydroxyl groups is 1. The van der Waals surface area contributed by atoms with E-state index in [2.05, 4.69) is 0 Å². The third-order valence-electron chi connectivity index (χ3n) is 5.37. The first-order valence-electron chi connectivity index (χ1n) is 9.27. The van der Waals surface area contributed by atoms with Crippen LogP contribution >= 0.6 is 0 Å². The molecular formula is C21H21FN2O4. The van der Waals surface area contributed by atoms with Gasteiger partial charge >= 0.3 is 0 Å². The van der Waals surface area contributed by atoms with Crippen molar-refractivity contribution in [2.24, 2.45) is 0 Å². The highest BCUT2D eigenvalue weighted by atomic mass is 19.1. The molecule has 7 heteroatoms. The van der Waals surface area contributed by atoms with Crippen LogP contribution in [0, 0.1) is 5.82 Å². The fourth-order valence-electron chi connectivity index (χ4n) is 3.45. The summed E-state index contributed by atoms with van der Waals surface area (Å²) in [6.45, 7) is 1.64. The van der Waals surface area contributed by atoms with E-state index in [4.69, 9.17) is 0 Å². The highest BCUT2D eigenvalue weighted by Gasteiger charge is 2.50. The molecule has 4 rings (SSSR count). The molecule has 28 heavy (non-hydrogen) atoms. The maximum absolute atomic E-state index is 14.0. The molecule has 2 N–H and O–H groups in total. The first-order chi connectivity index (χ1) is 13.4. The maximum Gasteiger partial charge on any atom is 0.254 e. The average molecular weight is 384 g/mol. The lowest BCUT2D eigenvalue weighted by atomic mass is 10.0. The predicted molar refractivity (Wildman–Crippen MR) is 100 cm³/mol. The van der Waals surface area contributed by atoms with Gasteiger partial charge in [0.25, 0.3) is 11.8 Å². The van der Waals surface area contributed by atoms with Gasteiger partial charge in [-0.05, 0) is 42.7 Å². The number of piperazine rings is 1. The van der Waals surface area contributed by atoms with Crippen LogP contribution in [-0.4, -0.2) is 63.6 Å². The monoisotopic (exact) mass is 384 g/mol. The van der Waals surface area contributed by atoms with Gasteiger partial charge in [0, 0.05) is 43.4 Å². The minimum absolute atomic E-state index is 0.139. The lowest BCUT2D eigenvalue weighted by molar-refractivity contribution is -0.143. The molecule has 0 radical (unpaired) electrons. The van der Waals surface area contributed by atoms with E-state index in [1.165, 1.54) is 12.1 Å². The Balaban J connectivity index is 1.41. The van der Waals surface area contributed by atoms with Crippen LogP contribution in [0.25, 0.3) is 11.1 Å². The van der Waals surface area contributed by atoms with E-state index < -0.39 is 11.4 Å². The molecule has 0 spiro atoms. The molecule has 0 atom stereocenters. The molecule has 1 aliphatic carbocycles. The van der Waals surface area contributed by atoms with Crippen molar-refractivity contribution in [3.8, 4) is 16.9 Å². The number of benzene rings is 2. The first-order valence-corrected chi connectivity index (χ1v) is 9.27. The van der Waals surface area contributed by atoms with E-state index in [-0.39, 0.29) is 17.6 Å². The molecule has 0 unspecified atom stereocenters. The van der Waals surface area contributed by atoms with E-state index >= 15 is 0 Å². The molecular weight excluding hydrogens is 363 g/mol. The van der Waals surface area contributed by atoms with Crippen molar-refractivity contribution in [2.75, 3.05) is 26.2 Å². The van der Waals surface area contributed by atoms with Crippen molar-refractivity contribution >= 4 is 11.8 Å². The lowest BCUT2D eigenvalue weighted by Crippen LogP contribution is -2.53. The molecule has 0 aromatic heterocycles. The molecule has 2 aromatic rings. The summed E-state index contributed by atoms with van der Waals surface area (Å²) >= 11 is 0. The quantitative estimate of drug-likeness (QED) is 0.848. The highest BCUT2D eigenvalue weighted by molar-refractivity contribution is 5.95. The minimum Gasteiger partial charge on any atom is -0.508 e. The number of phenols is 1. The van der Waals surface area contributed by atoms with Crippen molar-refractivity contribution in [2.45, 2.75) is 18.4 Å². The van der Waals surface area contributed by atoms with Gasteiger partial charge in [0.2, 0.25) is 0 Å². The van der Waals surface area contributed by atoms with Gasteiger partial charge in [0.1, 0.15) is 17.2 Å². The molecule has 0 bridgehead atoms. The average Bonchev–Trinajstić information content (AvgIpc) is 3.46. The number of rotatable bonds is 3. The van der Waals surface area contributed by atoms with Gasteiger partial charge in [-0.2, -0.15) is 0 Å². The third-order valence-corrected chi connectivity index (χ3v) is 5.37. The lowest BCUT2D eigenvalue weighted by Gasteiger charge is -2.35. The second-order valence-electron chi connectivity index (χ2n) is 7.36. The SMILES string of the molecule is O=C(c1ccc(-c2ccc(O)cc2F)cc1)N1CCN(C(=O)C2(O)CC2)CC1. The van der Waals surface area contributed by atoms with Gasteiger partial charge in [-0.25, -0.2) is 4.39 Å². The Morgan fingerprint density at radius 2 is 1.54 bits per heavy atom. The van der Waals surface area contributed by atoms with Crippen molar-refractivity contribution in [3.63, 3.8) is 0 Å². The summed E-state index contributed by atoms with van der Waals surface area (Å²) in [6.07, 6.45) is 1.03. The minimum atomic E-state index is -1.18. The smallest absolute Gasteiger partial charge is 0.254 e. The largest absolute Gasteiger partial charge is 0.508 e. The van der Waals surface area contributed by atoms with Crippen LogP contribution in [0.1, 0.15) is 23.2 Å². The normalized spacial score (nSPS) is 18.1. The van der Waals surface area contributed by atoms with Crippen LogP contribution in [0.4, 0.5) is 4.39 Å². The zero-order valence-corrected chi connectivity index (χ0v) is 15.3. The highest BCUT2D eigenvalue weighted by Crippen LogP contribution is 2.37. The zero-order valence-electron chi connectivity index (χ0n) is 15.3. The number of phenolic OH excluding ortho intramolecular Hbond substituents is 1. The summed E-state index contributed by atoms with van der Waals surface area (Å²) in [5.41, 5.74) is 0.276. The van der Waals surface area contributed by atoms with Crippen molar-refractivity contribution in [1.29, 1.82) is 0 Å². The predicted octanol–water partition coefficient (Wildman–Crippen LogP) is 2.01. The Morgan fingerprint density at radius 1 is 0.929 bits per heavy atom. The molecule has 1 saturated carbocycles. The third kappa shape index (κ3) is 3.45. The number of amides is 2. The number of halogens is 1. The van der Waals surface area contributed by atoms with Gasteiger partial charge in [0.05, 0.1) is 0 Å². The van der Waals surface area contributed by atoms with Gasteiger partial charge < -0.3 is 20.0 Å². The van der Waals surface area contributed by atoms with Crippen molar-refractivity contribution in [3.05, 3.63) is 53.8 Å². The topological polar surface area (TPSA) is 81.1 Å². The summed E-state index contributed by atoms with van der Waals surface area (Å²) < 4.78 is 14.0. The molecule has 1 saturated heterocycles. The standard InChI is InChI=1S/C21H21FN2O4/c22-18-13-16(25)5-6-17(18)14-1-3-15(4-2-14)19(26)23-9-11-24(12-10-23)20(27)21(28)7-8-21/h1-6,13,25,28H,7-12H2. The second kappa shape index (κ2) is 6.91. The summed E-state index contributed by atoms with van der Waals surface area (Å²) in [7, 11) is 0. The Morgan fingerprint density at radius 3 is 2.11 bits per heavy atom. The van der Waals surface area contributed by atoms with E-state index in [0.717, 1.165) is 6.07 Å². The van der Waals surface area contributed by atoms with Gasteiger partial charge in [0.15, 0.2) is 0 Å². The Bertz CT molecular complexity index is 917. The van der Waals surface area contributed by atoms with Crippen molar-refractivity contribution < 1.29 is 24.2 Å². The van der Waals surface area contributed by atoms with E-state index in [9.17, 15) is 24.2 Å². The second-order valence-corrected chi connectivity index (χ2v) is 7.36. The van der Waals surface area contributed by atoms with Crippen LogP contribution in [0.2, 0.25) is 0 Å². The molecule has 2 aromatic carbocycles. The Hall–Kier alpha value is -2.93. The summed E-state index contributed by atoms with van der Waals surface area (Å²) in [4.78, 5) is 28.2. The Kier molecular flexibility index (Phi) is 4.55. The molecule has 2 amide bonds. The molecule has 6 nitrogen and oxygen atoms in total. The van der Waals surface area contributed by atoms with Gasteiger partial charge in [-0.1, -0.05) is 12.1 Å². The maximum atomic E-state index is 14.0. The molecule has 146 valence electrons. The number of hydrogen-bond acceptors (Lipinski definition) is 4. The fraction of sp³-hybridized carbons (Fsp3) is 0.333. The van der Waals surface area contributed by atoms with E-state index in [1.807, 2.05) is 0 Å². The van der Waals surface area contributed by atoms with Gasteiger partial charge in [-0.15, -0.1) is 0 Å². The summed E-state index contributed by atoms with van der Waals surface area (Å²) in [5.74, 6) is -1.05. The summed E-state index contributed by atoms with van der Waals surface area (Å²) in [6, 6.07) is 10.6. The van der Waals surface area contributed by atoms with Crippen LogP contribution in [0.5, 0.6) is 5.75 Å². The molecule has 2 aliphatic rings. The number of carbonyl (C=O) groups excluding carboxylic acids is 2. The molecule has 2 fully saturated rings. The van der Waals surface area contributed by atoms with Crippen LogP contribution in [0.15, 0.2) is 42.5 Å². The number of aromatic hydroxyl groups is 1. The van der Waals surface area contributed by atoms with Crippen molar-refractivity contribution in [1.82, 2.24) is 9.80 Å². The van der Waals surface area contributed by atoms with Crippen LogP contribution in [0.3, 0.4) is 0 Å². The number of nitrogens with zero attached hydrogens (tertiary/aromatic N) is 2. The van der Waals surface area contributed by atoms with E-state index in [0.29, 0.717) is 55.7 Å². The number of hydrogen-bond donors (Lipinski definition) is 2.